The molecule has 1 fully saturated rings. The van der Waals surface area contributed by atoms with Gasteiger partial charge < -0.3 is 0 Å². The molecular weight excluding hydrogens is 184 g/mol. The van der Waals surface area contributed by atoms with E-state index in [1.165, 1.54) is 19.3 Å². The van der Waals surface area contributed by atoms with Gasteiger partial charge in [0.15, 0.2) is 0 Å². The van der Waals surface area contributed by atoms with Crippen molar-refractivity contribution >= 4 is 0 Å². The Bertz CT molecular complexity index is 229. The van der Waals surface area contributed by atoms with Crippen LogP contribution in [0.2, 0.25) is 0 Å². The number of hydrogen-bond donors (Lipinski definition) is 1. The van der Waals surface area contributed by atoms with Crippen LogP contribution in [0, 0.1) is 23.2 Å². The molecule has 1 aliphatic carbocycles. The standard InChI is InChI=1S/C13H24N2/c1-4-15-13(10-14)8-5-6-12(7-9-13)11(2)3/h11-12,15H,4-9H2,1-3H3. The molecule has 2 nitrogen and oxygen atoms in total. The summed E-state index contributed by atoms with van der Waals surface area (Å²) in [5, 5.41) is 12.7. The first-order chi connectivity index (χ1) is 7.13. The van der Waals surface area contributed by atoms with Crippen LogP contribution in [0.1, 0.15) is 52.9 Å². The summed E-state index contributed by atoms with van der Waals surface area (Å²) >= 11 is 0. The van der Waals surface area contributed by atoms with Crippen LogP contribution >= 0.6 is 0 Å². The minimum atomic E-state index is -0.224. The molecule has 0 radical (unpaired) electrons. The molecule has 0 heterocycles. The smallest absolute Gasteiger partial charge is 0.106 e. The highest BCUT2D eigenvalue weighted by molar-refractivity contribution is 5.08. The molecule has 0 aromatic carbocycles. The Morgan fingerprint density at radius 1 is 1.40 bits per heavy atom. The van der Waals surface area contributed by atoms with Crippen molar-refractivity contribution in [2.45, 2.75) is 58.4 Å². The molecule has 0 spiro atoms. The SMILES string of the molecule is CCNC1(C#N)CCCC(C(C)C)CC1. The zero-order chi connectivity index (χ0) is 11.3. The molecule has 0 saturated heterocycles. The van der Waals surface area contributed by atoms with Crippen LogP contribution < -0.4 is 5.32 Å². The van der Waals surface area contributed by atoms with E-state index in [2.05, 4.69) is 32.2 Å². The van der Waals surface area contributed by atoms with Gasteiger partial charge in [0.05, 0.1) is 6.07 Å². The van der Waals surface area contributed by atoms with Crippen LogP contribution in [0.3, 0.4) is 0 Å². The molecule has 0 aliphatic heterocycles. The van der Waals surface area contributed by atoms with Gasteiger partial charge in [-0.05, 0) is 37.6 Å². The maximum absolute atomic E-state index is 9.31. The van der Waals surface area contributed by atoms with Crippen molar-refractivity contribution in [3.8, 4) is 6.07 Å². The van der Waals surface area contributed by atoms with Gasteiger partial charge in [-0.25, -0.2) is 0 Å². The number of nitrogens with zero attached hydrogens (tertiary/aromatic N) is 1. The lowest BCUT2D eigenvalue weighted by Crippen LogP contribution is -2.43. The van der Waals surface area contributed by atoms with Crippen LogP contribution in [-0.4, -0.2) is 12.1 Å². The molecule has 0 amide bonds. The van der Waals surface area contributed by atoms with Crippen molar-refractivity contribution < 1.29 is 0 Å². The molecule has 2 heteroatoms. The topological polar surface area (TPSA) is 35.8 Å². The van der Waals surface area contributed by atoms with E-state index in [1.54, 1.807) is 0 Å². The summed E-state index contributed by atoms with van der Waals surface area (Å²) in [5.41, 5.74) is -0.224. The number of hydrogen-bond acceptors (Lipinski definition) is 2. The van der Waals surface area contributed by atoms with Gasteiger partial charge >= 0.3 is 0 Å². The van der Waals surface area contributed by atoms with Gasteiger partial charge in [0.2, 0.25) is 0 Å². The third-order valence-electron chi connectivity index (χ3n) is 3.79. The predicted octanol–water partition coefficient (Wildman–Crippen LogP) is 3.09. The quantitative estimate of drug-likeness (QED) is 0.723. The maximum Gasteiger partial charge on any atom is 0.106 e. The average Bonchev–Trinajstić information content (AvgIpc) is 2.42. The zero-order valence-electron chi connectivity index (χ0n) is 10.3. The van der Waals surface area contributed by atoms with Gasteiger partial charge in [-0.1, -0.05) is 33.6 Å². The fraction of sp³-hybridized carbons (Fsp3) is 0.923. The number of rotatable bonds is 3. The van der Waals surface area contributed by atoms with Gasteiger partial charge in [-0.3, -0.25) is 5.32 Å². The van der Waals surface area contributed by atoms with Gasteiger partial charge in [0.25, 0.3) is 0 Å². The molecule has 2 atom stereocenters. The molecule has 15 heavy (non-hydrogen) atoms. The summed E-state index contributed by atoms with van der Waals surface area (Å²) < 4.78 is 0. The fourth-order valence-electron chi connectivity index (χ4n) is 2.70. The minimum Gasteiger partial charge on any atom is -0.300 e. The first-order valence-corrected chi connectivity index (χ1v) is 6.30. The largest absolute Gasteiger partial charge is 0.300 e. The van der Waals surface area contributed by atoms with Crippen LogP contribution in [-0.2, 0) is 0 Å². The van der Waals surface area contributed by atoms with Crippen molar-refractivity contribution in [1.82, 2.24) is 5.32 Å². The second-order valence-electron chi connectivity index (χ2n) is 5.16. The van der Waals surface area contributed by atoms with Crippen molar-refractivity contribution in [2.75, 3.05) is 6.54 Å². The Morgan fingerprint density at radius 2 is 2.13 bits per heavy atom. The van der Waals surface area contributed by atoms with E-state index in [9.17, 15) is 5.26 Å². The first kappa shape index (κ1) is 12.5. The van der Waals surface area contributed by atoms with Crippen molar-refractivity contribution in [3.63, 3.8) is 0 Å². The fourth-order valence-corrected chi connectivity index (χ4v) is 2.70. The van der Waals surface area contributed by atoms with E-state index in [-0.39, 0.29) is 5.54 Å². The third kappa shape index (κ3) is 3.21. The molecular formula is C13H24N2. The molecule has 1 rings (SSSR count). The van der Waals surface area contributed by atoms with E-state index >= 15 is 0 Å². The summed E-state index contributed by atoms with van der Waals surface area (Å²) in [4.78, 5) is 0. The van der Waals surface area contributed by atoms with E-state index in [4.69, 9.17) is 0 Å². The highest BCUT2D eigenvalue weighted by Crippen LogP contribution is 2.33. The average molecular weight is 208 g/mol. The first-order valence-electron chi connectivity index (χ1n) is 6.30. The molecule has 0 aromatic heterocycles. The molecule has 86 valence electrons. The van der Waals surface area contributed by atoms with Crippen molar-refractivity contribution in [1.29, 1.82) is 5.26 Å². The highest BCUT2D eigenvalue weighted by atomic mass is 15.0. The van der Waals surface area contributed by atoms with E-state index < -0.39 is 0 Å². The lowest BCUT2D eigenvalue weighted by atomic mass is 9.87. The Hall–Kier alpha value is -0.550. The Balaban J connectivity index is 2.61. The van der Waals surface area contributed by atoms with E-state index in [0.29, 0.717) is 0 Å². The zero-order valence-corrected chi connectivity index (χ0v) is 10.3. The van der Waals surface area contributed by atoms with Crippen molar-refractivity contribution in [2.24, 2.45) is 11.8 Å². The summed E-state index contributed by atoms with van der Waals surface area (Å²) in [6.45, 7) is 7.60. The second-order valence-corrected chi connectivity index (χ2v) is 5.16. The predicted molar refractivity (Wildman–Crippen MR) is 63.4 cm³/mol. The lowest BCUT2D eigenvalue weighted by Gasteiger charge is -2.26. The molecule has 1 saturated carbocycles. The van der Waals surface area contributed by atoms with Gasteiger partial charge in [0, 0.05) is 0 Å². The Morgan fingerprint density at radius 3 is 2.67 bits per heavy atom. The monoisotopic (exact) mass is 208 g/mol. The van der Waals surface area contributed by atoms with Crippen LogP contribution in [0.15, 0.2) is 0 Å². The second kappa shape index (κ2) is 5.51. The summed E-state index contributed by atoms with van der Waals surface area (Å²) in [5.74, 6) is 1.58. The van der Waals surface area contributed by atoms with Crippen LogP contribution in [0.4, 0.5) is 0 Å². The molecule has 1 N–H and O–H groups in total. The lowest BCUT2D eigenvalue weighted by molar-refractivity contribution is 0.325. The number of nitrogens with one attached hydrogen (secondary N) is 1. The Labute approximate surface area is 94.1 Å². The van der Waals surface area contributed by atoms with Gasteiger partial charge in [0.1, 0.15) is 5.54 Å². The third-order valence-corrected chi connectivity index (χ3v) is 3.79. The normalized spacial score (nSPS) is 32.3. The number of nitriles is 1. The molecule has 0 bridgehead atoms. The van der Waals surface area contributed by atoms with Crippen LogP contribution in [0.25, 0.3) is 0 Å². The summed E-state index contributed by atoms with van der Waals surface area (Å²) in [6, 6.07) is 2.51. The Kier molecular flexibility index (Phi) is 4.60. The summed E-state index contributed by atoms with van der Waals surface area (Å²) in [6.07, 6.45) is 5.76. The highest BCUT2D eigenvalue weighted by Gasteiger charge is 2.32. The van der Waals surface area contributed by atoms with E-state index in [0.717, 1.165) is 31.2 Å². The van der Waals surface area contributed by atoms with Gasteiger partial charge in [-0.2, -0.15) is 5.26 Å². The maximum atomic E-state index is 9.31. The molecule has 1 aliphatic rings. The summed E-state index contributed by atoms with van der Waals surface area (Å²) in [7, 11) is 0. The molecule has 0 aromatic rings. The van der Waals surface area contributed by atoms with E-state index in [1.807, 2.05) is 0 Å². The molecule has 2 unspecified atom stereocenters. The van der Waals surface area contributed by atoms with Crippen molar-refractivity contribution in [3.05, 3.63) is 0 Å². The minimum absolute atomic E-state index is 0.224. The van der Waals surface area contributed by atoms with Crippen LogP contribution in [0.5, 0.6) is 0 Å². The van der Waals surface area contributed by atoms with Gasteiger partial charge in [-0.15, -0.1) is 0 Å².